The van der Waals surface area contributed by atoms with Gasteiger partial charge in [0.25, 0.3) is 0 Å². The van der Waals surface area contributed by atoms with Gasteiger partial charge in [-0.15, -0.1) is 11.8 Å². The Morgan fingerprint density at radius 2 is 2.00 bits per heavy atom. The van der Waals surface area contributed by atoms with Gasteiger partial charge in [-0.2, -0.15) is 18.2 Å². The summed E-state index contributed by atoms with van der Waals surface area (Å²) in [5.41, 5.74) is 2.47. The Balaban J connectivity index is 1.87. The van der Waals surface area contributed by atoms with E-state index in [1.165, 1.54) is 0 Å². The number of nitrogens with one attached hydrogen (secondary N) is 2. The number of aliphatic hydroxyl groups is 1. The van der Waals surface area contributed by atoms with E-state index in [2.05, 4.69) is 32.3 Å². The van der Waals surface area contributed by atoms with Gasteiger partial charge in [0.05, 0.1) is 11.4 Å². The molecule has 1 aliphatic carbocycles. The number of hydrogen-bond acceptors (Lipinski definition) is 7. The monoisotopic (exact) mass is 481 g/mol. The topological polar surface area (TPSA) is 82.4 Å². The number of para-hydroxylation sites is 1. The molecule has 1 unspecified atom stereocenters. The van der Waals surface area contributed by atoms with Gasteiger partial charge in [0.2, 0.25) is 5.95 Å². The number of aromatic nitrogens is 2. The third-order valence-electron chi connectivity index (χ3n) is 5.54. The van der Waals surface area contributed by atoms with Crippen LogP contribution in [-0.4, -0.2) is 47.7 Å². The summed E-state index contributed by atoms with van der Waals surface area (Å²) in [6.07, 6.45) is -0.860. The van der Waals surface area contributed by atoms with E-state index in [9.17, 15) is 18.3 Å². The molecule has 1 aromatic carbocycles. The molecule has 6 nitrogen and oxygen atoms in total. The summed E-state index contributed by atoms with van der Waals surface area (Å²) in [5, 5.41) is 15.1. The minimum absolute atomic E-state index is 0.0205. The predicted molar refractivity (Wildman–Crippen MR) is 128 cm³/mol. The fraction of sp³-hybridized carbons (Fsp3) is 0.522. The quantitative estimate of drug-likeness (QED) is 0.249. The van der Waals surface area contributed by atoms with Crippen LogP contribution in [-0.2, 0) is 5.75 Å². The Labute approximate surface area is 196 Å². The highest BCUT2D eigenvalue weighted by molar-refractivity contribution is 7.98. The normalized spacial score (nSPS) is 14.7. The molecule has 1 atom stereocenters. The molecule has 2 aromatic rings. The Morgan fingerprint density at radius 3 is 2.64 bits per heavy atom. The summed E-state index contributed by atoms with van der Waals surface area (Å²) < 4.78 is 38.3. The predicted octanol–water partition coefficient (Wildman–Crippen LogP) is 5.77. The van der Waals surface area contributed by atoms with Crippen molar-refractivity contribution in [3.63, 3.8) is 0 Å². The molecular formula is C23H30F3N5OS. The van der Waals surface area contributed by atoms with Crippen LogP contribution in [0.15, 0.2) is 34.2 Å². The number of aliphatic hydroxyl groups excluding tert-OH is 1. The Kier molecular flexibility index (Phi) is 8.96. The molecule has 1 heterocycles. The third-order valence-corrected chi connectivity index (χ3v) is 6.63. The number of benzene rings is 1. The van der Waals surface area contributed by atoms with E-state index in [0.29, 0.717) is 18.1 Å². The van der Waals surface area contributed by atoms with Crippen LogP contribution >= 0.6 is 11.8 Å². The SMILES string of the molecule is C=Nc1ccccc1SCc1c(NCCC(CC)CO)nc(NCC(F)(F)F)nc1C1CC1. The molecule has 0 saturated heterocycles. The highest BCUT2D eigenvalue weighted by Crippen LogP contribution is 2.44. The molecule has 3 rings (SSSR count). The van der Waals surface area contributed by atoms with E-state index >= 15 is 0 Å². The zero-order chi connectivity index (χ0) is 23.8. The maximum atomic E-state index is 12.8. The summed E-state index contributed by atoms with van der Waals surface area (Å²) in [4.78, 5) is 13.9. The van der Waals surface area contributed by atoms with Crippen molar-refractivity contribution < 1.29 is 18.3 Å². The van der Waals surface area contributed by atoms with Crippen LogP contribution in [0.25, 0.3) is 0 Å². The molecule has 1 aromatic heterocycles. The van der Waals surface area contributed by atoms with Crippen LogP contribution in [0.2, 0.25) is 0 Å². The Bertz CT molecular complexity index is 933. The molecule has 1 saturated carbocycles. The minimum atomic E-state index is -4.36. The van der Waals surface area contributed by atoms with Gasteiger partial charge in [0.1, 0.15) is 12.4 Å². The largest absolute Gasteiger partial charge is 0.405 e. The Morgan fingerprint density at radius 1 is 1.24 bits per heavy atom. The molecule has 0 amide bonds. The maximum absolute atomic E-state index is 12.8. The standard InChI is InChI=1S/C23H30F3N5OS/c1-3-15(12-32)10-11-28-21-17(13-33-19-7-5-4-6-18(19)27-2)20(16-8-9-16)30-22(31-21)29-14-23(24,25)26/h4-7,15-16,32H,2-3,8-14H2,1H3,(H2,28,29,30,31). The van der Waals surface area contributed by atoms with Gasteiger partial charge in [0.15, 0.2) is 0 Å². The first-order valence-corrected chi connectivity index (χ1v) is 12.1. The summed E-state index contributed by atoms with van der Waals surface area (Å²) in [6, 6.07) is 7.67. The zero-order valence-corrected chi connectivity index (χ0v) is 19.5. The second-order valence-electron chi connectivity index (χ2n) is 8.09. The smallest absolute Gasteiger partial charge is 0.396 e. The van der Waals surface area contributed by atoms with E-state index in [0.717, 1.165) is 47.5 Å². The van der Waals surface area contributed by atoms with Gasteiger partial charge in [-0.25, -0.2) is 4.98 Å². The lowest BCUT2D eigenvalue weighted by molar-refractivity contribution is -0.115. The van der Waals surface area contributed by atoms with Crippen LogP contribution in [0, 0.1) is 5.92 Å². The van der Waals surface area contributed by atoms with Crippen LogP contribution in [0.1, 0.15) is 49.8 Å². The molecule has 0 spiro atoms. The molecule has 33 heavy (non-hydrogen) atoms. The lowest BCUT2D eigenvalue weighted by Gasteiger charge is -2.19. The number of rotatable bonds is 13. The number of alkyl halides is 3. The van der Waals surface area contributed by atoms with E-state index in [1.807, 2.05) is 31.2 Å². The number of halogens is 3. The van der Waals surface area contributed by atoms with Gasteiger partial charge < -0.3 is 15.7 Å². The zero-order valence-electron chi connectivity index (χ0n) is 18.7. The summed E-state index contributed by atoms with van der Waals surface area (Å²) in [5.74, 6) is 1.46. The highest BCUT2D eigenvalue weighted by atomic mass is 32.2. The minimum Gasteiger partial charge on any atom is -0.396 e. The van der Waals surface area contributed by atoms with Gasteiger partial charge in [-0.1, -0.05) is 25.5 Å². The third kappa shape index (κ3) is 7.60. The highest BCUT2D eigenvalue weighted by Gasteiger charge is 2.32. The van der Waals surface area contributed by atoms with Crippen LogP contribution < -0.4 is 10.6 Å². The van der Waals surface area contributed by atoms with E-state index in [4.69, 9.17) is 0 Å². The molecule has 1 aliphatic rings. The second-order valence-corrected chi connectivity index (χ2v) is 9.11. The molecule has 0 bridgehead atoms. The van der Waals surface area contributed by atoms with E-state index < -0.39 is 12.7 Å². The molecule has 180 valence electrons. The number of aliphatic imine (C=N–C) groups is 1. The molecule has 0 radical (unpaired) electrons. The van der Waals surface area contributed by atoms with Crippen molar-refractivity contribution in [1.82, 2.24) is 9.97 Å². The molecule has 0 aliphatic heterocycles. The van der Waals surface area contributed by atoms with E-state index in [1.54, 1.807) is 11.8 Å². The average molecular weight is 482 g/mol. The average Bonchev–Trinajstić information content (AvgIpc) is 3.64. The van der Waals surface area contributed by atoms with Crippen molar-refractivity contribution >= 4 is 35.9 Å². The lowest BCUT2D eigenvalue weighted by atomic mass is 10.0. The molecule has 1 fully saturated rings. The van der Waals surface area contributed by atoms with Gasteiger partial charge in [0, 0.05) is 35.3 Å². The van der Waals surface area contributed by atoms with Crippen molar-refractivity contribution in [2.75, 3.05) is 30.3 Å². The first kappa shape index (κ1) is 25.3. The van der Waals surface area contributed by atoms with Crippen LogP contribution in [0.3, 0.4) is 0 Å². The second kappa shape index (κ2) is 11.7. The summed E-state index contributed by atoms with van der Waals surface area (Å²) in [7, 11) is 0. The number of anilines is 2. The van der Waals surface area contributed by atoms with Crippen molar-refractivity contribution in [3.05, 3.63) is 35.5 Å². The van der Waals surface area contributed by atoms with Crippen molar-refractivity contribution in [2.45, 2.75) is 55.3 Å². The maximum Gasteiger partial charge on any atom is 0.405 e. The summed E-state index contributed by atoms with van der Waals surface area (Å²) in [6.45, 7) is 5.11. The van der Waals surface area contributed by atoms with Gasteiger partial charge in [-0.3, -0.25) is 4.99 Å². The first-order valence-electron chi connectivity index (χ1n) is 11.1. The van der Waals surface area contributed by atoms with Crippen LogP contribution in [0.4, 0.5) is 30.6 Å². The van der Waals surface area contributed by atoms with Crippen molar-refractivity contribution in [1.29, 1.82) is 0 Å². The lowest BCUT2D eigenvalue weighted by Crippen LogP contribution is -2.23. The van der Waals surface area contributed by atoms with Crippen molar-refractivity contribution in [3.8, 4) is 0 Å². The summed E-state index contributed by atoms with van der Waals surface area (Å²) >= 11 is 1.58. The first-order chi connectivity index (χ1) is 15.8. The van der Waals surface area contributed by atoms with Gasteiger partial charge in [-0.05, 0) is 44.0 Å². The number of nitrogens with zero attached hydrogens (tertiary/aromatic N) is 3. The Hall–Kier alpha value is -2.33. The molecule has 3 N–H and O–H groups in total. The molecule has 10 heteroatoms. The fourth-order valence-corrected chi connectivity index (χ4v) is 4.46. The molecular weight excluding hydrogens is 451 g/mol. The fourth-order valence-electron chi connectivity index (χ4n) is 3.42. The van der Waals surface area contributed by atoms with Gasteiger partial charge >= 0.3 is 6.18 Å². The van der Waals surface area contributed by atoms with Crippen molar-refractivity contribution in [2.24, 2.45) is 10.9 Å². The number of hydrogen-bond donors (Lipinski definition) is 3. The number of thioether (sulfide) groups is 1. The van der Waals surface area contributed by atoms with E-state index in [-0.39, 0.29) is 24.4 Å². The van der Waals surface area contributed by atoms with Crippen LogP contribution in [0.5, 0.6) is 0 Å².